The van der Waals surface area contributed by atoms with E-state index in [0.29, 0.717) is 18.7 Å². The lowest BCUT2D eigenvalue weighted by molar-refractivity contribution is 0.0920. The maximum absolute atomic E-state index is 12.8. The number of nitriles is 1. The van der Waals surface area contributed by atoms with Crippen LogP contribution in [0.15, 0.2) is 17.7 Å². The van der Waals surface area contributed by atoms with Crippen molar-refractivity contribution in [2.24, 2.45) is 0 Å². The van der Waals surface area contributed by atoms with Crippen LogP contribution in [-0.2, 0) is 15.3 Å². The van der Waals surface area contributed by atoms with Crippen molar-refractivity contribution >= 4 is 15.7 Å². The number of carbonyl (C=O) groups excluding carboxylic acids is 1. The van der Waals surface area contributed by atoms with E-state index in [0.717, 1.165) is 24.5 Å². The van der Waals surface area contributed by atoms with Gasteiger partial charge in [0.2, 0.25) is 5.88 Å². The summed E-state index contributed by atoms with van der Waals surface area (Å²) in [6.07, 6.45) is 6.75. The van der Waals surface area contributed by atoms with Crippen molar-refractivity contribution in [2.45, 2.75) is 70.4 Å². The number of nitrogens with zero attached hydrogens (tertiary/aromatic N) is 3. The summed E-state index contributed by atoms with van der Waals surface area (Å²) in [5, 5.41) is 13.4. The summed E-state index contributed by atoms with van der Waals surface area (Å²) in [7, 11) is -3.29. The number of amides is 1. The second-order valence-corrected chi connectivity index (χ2v) is 10.4. The second kappa shape index (κ2) is 8.49. The Hall–Kier alpha value is -2.47. The highest BCUT2D eigenvalue weighted by Gasteiger charge is 2.38. The SMILES string of the molecule is CC(/C=C/S(C)(=O)=O)NC(=O)c1cnc(C(C)(C)C)nc1OC1(C#N)CCCC1. The summed E-state index contributed by atoms with van der Waals surface area (Å²) in [5.74, 6) is 0.0718. The molecule has 1 aliphatic rings. The molecule has 29 heavy (non-hydrogen) atoms. The van der Waals surface area contributed by atoms with Crippen LogP contribution < -0.4 is 10.1 Å². The van der Waals surface area contributed by atoms with Crippen molar-refractivity contribution in [3.05, 3.63) is 29.1 Å². The molecule has 1 fully saturated rings. The van der Waals surface area contributed by atoms with Gasteiger partial charge in [0.1, 0.15) is 17.5 Å². The molecule has 0 spiro atoms. The zero-order valence-electron chi connectivity index (χ0n) is 17.5. The zero-order chi connectivity index (χ0) is 21.9. The van der Waals surface area contributed by atoms with Crippen molar-refractivity contribution in [1.82, 2.24) is 15.3 Å². The van der Waals surface area contributed by atoms with Gasteiger partial charge in [0.05, 0.1) is 0 Å². The molecule has 158 valence electrons. The van der Waals surface area contributed by atoms with Crippen molar-refractivity contribution in [3.8, 4) is 11.9 Å². The van der Waals surface area contributed by atoms with Crippen LogP contribution in [0.25, 0.3) is 0 Å². The summed E-state index contributed by atoms with van der Waals surface area (Å²) < 4.78 is 28.5. The fourth-order valence-corrected chi connectivity index (χ4v) is 3.44. The minimum absolute atomic E-state index is 0.0742. The number of aromatic nitrogens is 2. The summed E-state index contributed by atoms with van der Waals surface area (Å²) >= 11 is 0. The lowest BCUT2D eigenvalue weighted by Gasteiger charge is -2.25. The third-order valence-electron chi connectivity index (χ3n) is 4.55. The first-order valence-electron chi connectivity index (χ1n) is 9.52. The Morgan fingerprint density at radius 1 is 1.38 bits per heavy atom. The second-order valence-electron chi connectivity index (χ2n) is 8.50. The molecule has 2 rings (SSSR count). The minimum Gasteiger partial charge on any atom is -0.455 e. The number of hydrogen-bond acceptors (Lipinski definition) is 7. The molecule has 0 radical (unpaired) electrons. The number of sulfone groups is 1. The highest BCUT2D eigenvalue weighted by atomic mass is 32.2. The van der Waals surface area contributed by atoms with Crippen molar-refractivity contribution < 1.29 is 17.9 Å². The summed E-state index contributed by atoms with van der Waals surface area (Å²) in [6.45, 7) is 7.48. The van der Waals surface area contributed by atoms with Gasteiger partial charge in [-0.15, -0.1) is 0 Å². The molecule has 0 aromatic carbocycles. The van der Waals surface area contributed by atoms with Crippen LogP contribution >= 0.6 is 0 Å². The number of nitrogens with one attached hydrogen (secondary N) is 1. The number of carbonyl (C=O) groups is 1. The average Bonchev–Trinajstić information content (AvgIpc) is 3.07. The fraction of sp³-hybridized carbons (Fsp3) is 0.600. The molecule has 1 aliphatic carbocycles. The first-order valence-corrected chi connectivity index (χ1v) is 11.5. The number of rotatable bonds is 6. The van der Waals surface area contributed by atoms with Crippen LogP contribution in [0.5, 0.6) is 5.88 Å². The fourth-order valence-electron chi connectivity index (χ4n) is 2.92. The Kier molecular flexibility index (Phi) is 6.68. The van der Waals surface area contributed by atoms with E-state index < -0.39 is 27.4 Å². The van der Waals surface area contributed by atoms with Crippen LogP contribution in [-0.4, -0.2) is 42.2 Å². The molecule has 1 amide bonds. The van der Waals surface area contributed by atoms with E-state index in [4.69, 9.17) is 4.74 Å². The van der Waals surface area contributed by atoms with E-state index >= 15 is 0 Å². The van der Waals surface area contributed by atoms with Gasteiger partial charge in [0, 0.05) is 42.2 Å². The third kappa shape index (κ3) is 6.26. The summed E-state index contributed by atoms with van der Waals surface area (Å²) in [5.41, 5.74) is -1.26. The van der Waals surface area contributed by atoms with Gasteiger partial charge in [-0.05, 0) is 19.8 Å². The Morgan fingerprint density at radius 2 is 2.00 bits per heavy atom. The van der Waals surface area contributed by atoms with Gasteiger partial charge >= 0.3 is 0 Å². The average molecular weight is 421 g/mol. The highest BCUT2D eigenvalue weighted by molar-refractivity contribution is 7.93. The van der Waals surface area contributed by atoms with Crippen LogP contribution in [0.1, 0.15) is 69.6 Å². The van der Waals surface area contributed by atoms with E-state index in [1.807, 2.05) is 20.8 Å². The topological polar surface area (TPSA) is 122 Å². The van der Waals surface area contributed by atoms with E-state index in [9.17, 15) is 18.5 Å². The third-order valence-corrected chi connectivity index (χ3v) is 5.20. The van der Waals surface area contributed by atoms with Crippen LogP contribution in [0.2, 0.25) is 0 Å². The first kappa shape index (κ1) is 22.8. The lowest BCUT2D eigenvalue weighted by Crippen LogP contribution is -2.35. The molecule has 1 unspecified atom stereocenters. The Morgan fingerprint density at radius 3 is 2.52 bits per heavy atom. The maximum atomic E-state index is 12.8. The van der Waals surface area contributed by atoms with Crippen molar-refractivity contribution in [3.63, 3.8) is 0 Å². The molecule has 0 saturated heterocycles. The van der Waals surface area contributed by atoms with Gasteiger partial charge < -0.3 is 10.1 Å². The van der Waals surface area contributed by atoms with Gasteiger partial charge in [-0.2, -0.15) is 10.2 Å². The smallest absolute Gasteiger partial charge is 0.258 e. The van der Waals surface area contributed by atoms with E-state index in [1.54, 1.807) is 6.92 Å². The highest BCUT2D eigenvalue weighted by Crippen LogP contribution is 2.35. The first-order chi connectivity index (χ1) is 13.4. The Balaban J connectivity index is 2.36. The number of hydrogen-bond donors (Lipinski definition) is 1. The van der Waals surface area contributed by atoms with E-state index in [-0.39, 0.29) is 16.9 Å². The molecule has 8 nitrogen and oxygen atoms in total. The van der Waals surface area contributed by atoms with Crippen molar-refractivity contribution in [2.75, 3.05) is 6.26 Å². The summed E-state index contributed by atoms with van der Waals surface area (Å²) in [6, 6.07) is 1.70. The van der Waals surface area contributed by atoms with Crippen LogP contribution in [0.3, 0.4) is 0 Å². The van der Waals surface area contributed by atoms with Crippen LogP contribution in [0.4, 0.5) is 0 Å². The molecule has 1 atom stereocenters. The zero-order valence-corrected chi connectivity index (χ0v) is 18.3. The molecule has 0 bridgehead atoms. The summed E-state index contributed by atoms with van der Waals surface area (Å²) in [4.78, 5) is 21.5. The van der Waals surface area contributed by atoms with Gasteiger partial charge in [0.15, 0.2) is 15.4 Å². The maximum Gasteiger partial charge on any atom is 0.258 e. The largest absolute Gasteiger partial charge is 0.455 e. The predicted molar refractivity (Wildman–Crippen MR) is 109 cm³/mol. The molecular weight excluding hydrogens is 392 g/mol. The normalized spacial score (nSPS) is 17.7. The molecular formula is C20H28N4O4S. The molecule has 0 aliphatic heterocycles. The van der Waals surface area contributed by atoms with Gasteiger partial charge in [-0.3, -0.25) is 4.79 Å². The lowest BCUT2D eigenvalue weighted by atomic mass is 9.95. The van der Waals surface area contributed by atoms with Gasteiger partial charge in [-0.25, -0.2) is 13.4 Å². The Bertz CT molecular complexity index is 936. The number of ether oxygens (including phenoxy) is 1. The molecule has 9 heteroatoms. The van der Waals surface area contributed by atoms with E-state index in [2.05, 4.69) is 21.4 Å². The van der Waals surface area contributed by atoms with Gasteiger partial charge in [0.25, 0.3) is 5.91 Å². The molecule has 1 N–H and O–H groups in total. The molecule has 1 aromatic heterocycles. The minimum atomic E-state index is -3.29. The monoisotopic (exact) mass is 420 g/mol. The molecule has 1 heterocycles. The Labute approximate surface area is 172 Å². The molecule has 1 aromatic rings. The standard InChI is InChI=1S/C20H28N4O4S/c1-14(8-11-29(5,26)27)23-16(25)15-12-22-18(19(2,3)4)24-17(15)28-20(13-21)9-6-7-10-20/h8,11-12,14H,6-7,9-10H2,1-5H3,(H,23,25)/b11-8+. The van der Waals surface area contributed by atoms with Gasteiger partial charge in [-0.1, -0.05) is 26.8 Å². The van der Waals surface area contributed by atoms with Crippen LogP contribution in [0, 0.1) is 11.3 Å². The predicted octanol–water partition coefficient (Wildman–Crippen LogP) is 2.67. The molecule has 1 saturated carbocycles. The van der Waals surface area contributed by atoms with E-state index in [1.165, 1.54) is 12.3 Å². The quantitative estimate of drug-likeness (QED) is 0.750. The van der Waals surface area contributed by atoms with Crippen molar-refractivity contribution in [1.29, 1.82) is 5.26 Å².